The molecule has 0 bridgehead atoms. The molecule has 52 heavy (non-hydrogen) atoms. The van der Waals surface area contributed by atoms with Crippen molar-refractivity contribution in [2.75, 3.05) is 18.2 Å². The summed E-state index contributed by atoms with van der Waals surface area (Å²) < 4.78 is 0. The Kier molecular flexibility index (Phi) is 10.0. The summed E-state index contributed by atoms with van der Waals surface area (Å²) >= 11 is 4.12. The zero-order valence-corrected chi connectivity index (χ0v) is 30.4. The number of carboxylic acids is 1. The Bertz CT molecular complexity index is 2100. The number of aromatic nitrogens is 2. The molecule has 2 unspecified atom stereocenters. The number of carbonyl (C=O) groups is 3. The van der Waals surface area contributed by atoms with Crippen LogP contribution in [0.4, 0.5) is 5.13 Å². The minimum absolute atomic E-state index is 0.0996. The van der Waals surface area contributed by atoms with E-state index in [-0.39, 0.29) is 17.1 Å². The number of rotatable bonds is 12. The summed E-state index contributed by atoms with van der Waals surface area (Å²) in [5.41, 5.74) is 5.18. The van der Waals surface area contributed by atoms with Crippen molar-refractivity contribution in [3.05, 3.63) is 152 Å². The van der Waals surface area contributed by atoms with Crippen LogP contribution in [-0.4, -0.2) is 67.7 Å². The van der Waals surface area contributed by atoms with Gasteiger partial charge in [0.15, 0.2) is 10.8 Å². The maximum absolute atomic E-state index is 13.8. The van der Waals surface area contributed by atoms with Gasteiger partial charge in [0.25, 0.3) is 11.8 Å². The third kappa shape index (κ3) is 6.51. The normalized spacial score (nSPS) is 17.5. The minimum Gasteiger partial charge on any atom is -0.477 e. The van der Waals surface area contributed by atoms with Crippen molar-refractivity contribution in [3.8, 4) is 0 Å². The van der Waals surface area contributed by atoms with Gasteiger partial charge in [-0.1, -0.05) is 102 Å². The summed E-state index contributed by atoms with van der Waals surface area (Å²) in [5, 5.41) is 22.2. The summed E-state index contributed by atoms with van der Waals surface area (Å²) in [5.74, 6) is -2.09. The zero-order chi connectivity index (χ0) is 36.2. The first-order valence-electron chi connectivity index (χ1n) is 16.1. The first-order chi connectivity index (χ1) is 25.3. The van der Waals surface area contributed by atoms with Gasteiger partial charge in [0.1, 0.15) is 35.5 Å². The quantitative estimate of drug-likeness (QED) is 0.0595. The van der Waals surface area contributed by atoms with E-state index in [0.29, 0.717) is 16.5 Å². The van der Waals surface area contributed by atoms with Crippen molar-refractivity contribution < 1.29 is 24.3 Å². The van der Waals surface area contributed by atoms with Crippen LogP contribution >= 0.6 is 34.4 Å². The zero-order valence-electron chi connectivity index (χ0n) is 27.9. The fourth-order valence-corrected chi connectivity index (χ4v) is 9.07. The Morgan fingerprint density at radius 1 is 0.962 bits per heavy atom. The van der Waals surface area contributed by atoms with Crippen LogP contribution in [0.2, 0.25) is 0 Å². The van der Waals surface area contributed by atoms with Gasteiger partial charge in [-0.05, 0) is 35.3 Å². The van der Waals surface area contributed by atoms with E-state index in [1.54, 1.807) is 17.0 Å². The molecule has 3 N–H and O–H groups in total. The molecule has 4 heterocycles. The van der Waals surface area contributed by atoms with Crippen LogP contribution in [0.15, 0.2) is 124 Å². The highest BCUT2D eigenvalue weighted by molar-refractivity contribution is 8.00. The molecule has 2 amide bonds. The van der Waals surface area contributed by atoms with E-state index in [9.17, 15) is 19.5 Å². The Morgan fingerprint density at radius 2 is 1.58 bits per heavy atom. The second-order valence-electron chi connectivity index (χ2n) is 11.8. The van der Waals surface area contributed by atoms with Crippen LogP contribution in [0.25, 0.3) is 6.08 Å². The molecule has 1 saturated heterocycles. The van der Waals surface area contributed by atoms with Gasteiger partial charge >= 0.3 is 5.97 Å². The van der Waals surface area contributed by atoms with Gasteiger partial charge < -0.3 is 20.6 Å². The molecular formula is C38H32N6O5S3. The minimum atomic E-state index is -1.22. The molecule has 5 aromatic rings. The van der Waals surface area contributed by atoms with E-state index < -0.39 is 34.7 Å². The predicted octanol–water partition coefficient (Wildman–Crippen LogP) is 6.11. The third-order valence-electron chi connectivity index (χ3n) is 8.76. The molecule has 2 aromatic heterocycles. The highest BCUT2D eigenvalue weighted by Gasteiger charge is 2.54. The van der Waals surface area contributed by atoms with E-state index in [1.165, 1.54) is 46.4 Å². The van der Waals surface area contributed by atoms with Crippen molar-refractivity contribution in [2.24, 2.45) is 5.16 Å². The van der Waals surface area contributed by atoms with Gasteiger partial charge in [0.2, 0.25) is 0 Å². The number of oxime groups is 1. The van der Waals surface area contributed by atoms with E-state index in [2.05, 4.69) is 57.2 Å². The van der Waals surface area contributed by atoms with Crippen LogP contribution in [0, 0.1) is 6.92 Å². The van der Waals surface area contributed by atoms with Crippen molar-refractivity contribution in [2.45, 2.75) is 23.9 Å². The Hall–Kier alpha value is -5.57. The number of β-lactam (4-membered cyclic amide) rings is 1. The number of anilines is 1. The summed E-state index contributed by atoms with van der Waals surface area (Å²) in [4.78, 5) is 55.8. The Labute approximate surface area is 311 Å². The lowest BCUT2D eigenvalue weighted by atomic mass is 9.77. The van der Waals surface area contributed by atoms with Crippen molar-refractivity contribution in [1.29, 1.82) is 0 Å². The molecule has 7 rings (SSSR count). The van der Waals surface area contributed by atoms with Crippen LogP contribution in [0.3, 0.4) is 0 Å². The number of nitrogens with zero attached hydrogens (tertiary/aromatic N) is 4. The molecule has 0 spiro atoms. The van der Waals surface area contributed by atoms with E-state index in [4.69, 9.17) is 9.82 Å². The smallest absolute Gasteiger partial charge is 0.352 e. The number of hydrogen-bond acceptors (Lipinski definition) is 11. The van der Waals surface area contributed by atoms with Crippen LogP contribution < -0.4 is 10.6 Å². The topological polar surface area (TPSA) is 146 Å². The molecular weight excluding hydrogens is 717 g/mol. The number of fused-ring (bicyclic) bond motifs is 1. The average Bonchev–Trinajstić information content (AvgIpc) is 3.82. The monoisotopic (exact) mass is 748 g/mol. The molecule has 1 fully saturated rings. The van der Waals surface area contributed by atoms with Gasteiger partial charge in [-0.15, -0.1) is 34.4 Å². The summed E-state index contributed by atoms with van der Waals surface area (Å²) in [7, 11) is 1.32. The lowest BCUT2D eigenvalue weighted by Gasteiger charge is -2.49. The molecule has 11 nitrogen and oxygen atoms in total. The van der Waals surface area contributed by atoms with Gasteiger partial charge in [-0.2, -0.15) is 0 Å². The van der Waals surface area contributed by atoms with Crippen molar-refractivity contribution in [1.82, 2.24) is 20.2 Å². The summed E-state index contributed by atoms with van der Waals surface area (Å²) in [6.07, 6.45) is 3.52. The standard InChI is InChI=1S/C38H32N6O5S3/c1-23-29(52-22-39-23)19-18-24-20-50-35-31(34(46)44(35)32(24)36(47)48)41-33(45)30(43-49-2)28-21-51-37(40-28)42-38(25-12-6-3-7-13-25,26-14-8-4-9-15-26)27-16-10-5-11-17-27/h3-19,21-22,31,35H,20H2,1-2H3,(H,40,42)(H,41,45)(H,47,48)/b19-18+,43-30-. The number of hydrogen-bond donors (Lipinski definition) is 3. The number of carboxylic acid groups (broad SMARTS) is 1. The largest absolute Gasteiger partial charge is 0.477 e. The molecule has 262 valence electrons. The maximum Gasteiger partial charge on any atom is 0.352 e. The second kappa shape index (κ2) is 15.0. The van der Waals surface area contributed by atoms with E-state index in [0.717, 1.165) is 27.3 Å². The highest BCUT2D eigenvalue weighted by atomic mass is 32.2. The molecule has 0 saturated carbocycles. The van der Waals surface area contributed by atoms with Crippen molar-refractivity contribution in [3.63, 3.8) is 0 Å². The lowest BCUT2D eigenvalue weighted by molar-refractivity contribution is -0.150. The van der Waals surface area contributed by atoms with E-state index in [1.807, 2.05) is 67.6 Å². The molecule has 0 aliphatic carbocycles. The first kappa shape index (κ1) is 34.9. The Morgan fingerprint density at radius 3 is 2.12 bits per heavy atom. The van der Waals surface area contributed by atoms with Crippen LogP contribution in [-0.2, 0) is 24.8 Å². The lowest BCUT2D eigenvalue weighted by Crippen LogP contribution is -2.71. The SMILES string of the molecule is CO/N=C(\C(=O)NC1C(=O)N2C(C(=O)O)=C(/C=C/c3scnc3C)CSC12)c1csc(NC(c2ccccc2)(c2ccccc2)c2ccccc2)n1. The predicted molar refractivity (Wildman–Crippen MR) is 204 cm³/mol. The van der Waals surface area contributed by atoms with Crippen LogP contribution in [0.5, 0.6) is 0 Å². The van der Waals surface area contributed by atoms with Gasteiger partial charge in [-0.3, -0.25) is 14.5 Å². The molecule has 2 aliphatic rings. The third-order valence-corrected chi connectivity index (χ3v) is 11.7. The molecule has 0 radical (unpaired) electrons. The number of aryl methyl sites for hydroxylation is 1. The number of allylic oxidation sites excluding steroid dienone is 1. The van der Waals surface area contributed by atoms with Gasteiger partial charge in [-0.25, -0.2) is 14.8 Å². The highest BCUT2D eigenvalue weighted by Crippen LogP contribution is 2.42. The summed E-state index contributed by atoms with van der Waals surface area (Å²) in [6.45, 7) is 1.87. The average molecular weight is 749 g/mol. The molecule has 2 atom stereocenters. The molecule has 2 aliphatic heterocycles. The number of nitrogens with one attached hydrogen (secondary N) is 2. The summed E-state index contributed by atoms with van der Waals surface area (Å²) in [6, 6.07) is 29.2. The molecule has 14 heteroatoms. The number of thiazole rings is 2. The fraction of sp³-hybridized carbons (Fsp3) is 0.158. The number of aliphatic carboxylic acids is 1. The fourth-order valence-electron chi connectivity index (χ4n) is 6.31. The van der Waals surface area contributed by atoms with Crippen molar-refractivity contribution >= 4 is 69.1 Å². The van der Waals surface area contributed by atoms with Crippen LogP contribution in [0.1, 0.15) is 33.0 Å². The number of carbonyl (C=O) groups excluding carboxylic acids is 2. The Balaban J connectivity index is 1.14. The number of thioether (sulfide) groups is 1. The van der Waals surface area contributed by atoms with Gasteiger partial charge in [0, 0.05) is 16.0 Å². The second-order valence-corrected chi connectivity index (χ2v) is 14.7. The first-order valence-corrected chi connectivity index (χ1v) is 18.9. The number of benzene rings is 3. The van der Waals surface area contributed by atoms with E-state index >= 15 is 0 Å². The van der Waals surface area contributed by atoms with Gasteiger partial charge in [0.05, 0.1) is 11.2 Å². The molecule has 3 aromatic carbocycles. The maximum atomic E-state index is 13.8. The number of amides is 2.